The minimum Gasteiger partial charge on any atom is -0.325 e. The highest BCUT2D eigenvalue weighted by Crippen LogP contribution is 2.38. The van der Waals surface area contributed by atoms with Gasteiger partial charge in [-0.3, -0.25) is 4.79 Å². The summed E-state index contributed by atoms with van der Waals surface area (Å²) in [5.41, 5.74) is 5.12. The molecule has 0 aromatic carbocycles. The fourth-order valence-electron chi connectivity index (χ4n) is 4.29. The Kier molecular flexibility index (Phi) is 4.66. The second-order valence-electron chi connectivity index (χ2n) is 7.30. The molecule has 4 heteroatoms. The number of aromatic nitrogens is 2. The first kappa shape index (κ1) is 17.0. The molecule has 3 rings (SSSR count). The first-order valence-electron chi connectivity index (χ1n) is 9.23. The van der Waals surface area contributed by atoms with Crippen LogP contribution in [0.15, 0.2) is 33.9 Å². The van der Waals surface area contributed by atoms with Crippen molar-refractivity contribution in [1.82, 2.24) is 9.55 Å². The molecule has 0 radical (unpaired) electrons. The first-order chi connectivity index (χ1) is 11.5. The van der Waals surface area contributed by atoms with Crippen molar-refractivity contribution in [2.24, 2.45) is 5.92 Å². The normalized spacial score (nSPS) is 20.7. The van der Waals surface area contributed by atoms with Crippen LogP contribution in [0.25, 0.3) is 0 Å². The second kappa shape index (κ2) is 6.58. The predicted molar refractivity (Wildman–Crippen MR) is 99.4 cm³/mol. The molecule has 24 heavy (non-hydrogen) atoms. The minimum atomic E-state index is 0.0570. The molecule has 1 aliphatic carbocycles. The Bertz CT molecular complexity index is 753. The van der Waals surface area contributed by atoms with Gasteiger partial charge in [0, 0.05) is 30.4 Å². The monoisotopic (exact) mass is 327 g/mol. The molecular weight excluding hydrogens is 298 g/mol. The molecular formula is C20H29N3O. The van der Waals surface area contributed by atoms with Crippen LogP contribution in [-0.2, 0) is 0 Å². The van der Waals surface area contributed by atoms with Gasteiger partial charge >= 0.3 is 0 Å². The Hall–Kier alpha value is -1.84. The SMILES string of the molecule is CCC(CC)n1cc(C)nc(N2CCC3=C2C(C)CC(C)=C3)c1=O. The van der Waals surface area contributed by atoms with Crippen LogP contribution in [0.2, 0.25) is 0 Å². The molecule has 0 saturated heterocycles. The lowest BCUT2D eigenvalue weighted by Gasteiger charge is -2.29. The van der Waals surface area contributed by atoms with Crippen molar-refractivity contribution < 1.29 is 0 Å². The number of aryl methyl sites for hydroxylation is 1. The van der Waals surface area contributed by atoms with Gasteiger partial charge < -0.3 is 9.47 Å². The zero-order valence-electron chi connectivity index (χ0n) is 15.6. The largest absolute Gasteiger partial charge is 0.325 e. The van der Waals surface area contributed by atoms with Crippen molar-refractivity contribution in [3.8, 4) is 0 Å². The molecule has 0 spiro atoms. The lowest BCUT2D eigenvalue weighted by atomic mass is 9.89. The highest BCUT2D eigenvalue weighted by atomic mass is 16.1. The van der Waals surface area contributed by atoms with Crippen LogP contribution in [0.3, 0.4) is 0 Å². The van der Waals surface area contributed by atoms with Crippen LogP contribution in [0, 0.1) is 12.8 Å². The van der Waals surface area contributed by atoms with Gasteiger partial charge in [0.05, 0.1) is 5.69 Å². The van der Waals surface area contributed by atoms with E-state index in [0.29, 0.717) is 11.7 Å². The summed E-state index contributed by atoms with van der Waals surface area (Å²) < 4.78 is 1.91. The number of nitrogens with zero attached hydrogens (tertiary/aromatic N) is 3. The smallest absolute Gasteiger partial charge is 0.294 e. The van der Waals surface area contributed by atoms with Crippen molar-refractivity contribution in [1.29, 1.82) is 0 Å². The lowest BCUT2D eigenvalue weighted by Crippen LogP contribution is -2.35. The van der Waals surface area contributed by atoms with Gasteiger partial charge in [0.2, 0.25) is 0 Å². The topological polar surface area (TPSA) is 38.1 Å². The molecule has 0 amide bonds. The minimum absolute atomic E-state index is 0.0570. The summed E-state index contributed by atoms with van der Waals surface area (Å²) in [5.74, 6) is 1.07. The summed E-state index contributed by atoms with van der Waals surface area (Å²) in [7, 11) is 0. The number of hydrogen-bond donors (Lipinski definition) is 0. The summed E-state index contributed by atoms with van der Waals surface area (Å²) in [6.07, 6.45) is 8.24. The van der Waals surface area contributed by atoms with Crippen molar-refractivity contribution in [2.75, 3.05) is 11.4 Å². The van der Waals surface area contributed by atoms with E-state index in [1.807, 2.05) is 17.7 Å². The molecule has 130 valence electrons. The molecule has 0 fully saturated rings. The van der Waals surface area contributed by atoms with Crippen LogP contribution in [0.1, 0.15) is 65.1 Å². The van der Waals surface area contributed by atoms with E-state index in [0.717, 1.165) is 37.9 Å². The van der Waals surface area contributed by atoms with Crippen LogP contribution in [0.5, 0.6) is 0 Å². The van der Waals surface area contributed by atoms with E-state index in [2.05, 4.69) is 43.7 Å². The third-order valence-corrected chi connectivity index (χ3v) is 5.37. The van der Waals surface area contributed by atoms with Crippen molar-refractivity contribution in [3.05, 3.63) is 45.2 Å². The maximum Gasteiger partial charge on any atom is 0.294 e. The Balaban J connectivity index is 2.09. The average molecular weight is 327 g/mol. The molecule has 0 saturated carbocycles. The number of hydrogen-bond acceptors (Lipinski definition) is 3. The summed E-state index contributed by atoms with van der Waals surface area (Å²) >= 11 is 0. The van der Waals surface area contributed by atoms with E-state index >= 15 is 0 Å². The highest BCUT2D eigenvalue weighted by molar-refractivity contribution is 5.54. The highest BCUT2D eigenvalue weighted by Gasteiger charge is 2.32. The Morgan fingerprint density at radius 2 is 2.00 bits per heavy atom. The molecule has 1 unspecified atom stereocenters. The Labute approximate surface area is 144 Å². The van der Waals surface area contributed by atoms with Crippen LogP contribution in [0.4, 0.5) is 5.82 Å². The van der Waals surface area contributed by atoms with Gasteiger partial charge in [-0.1, -0.05) is 32.4 Å². The molecule has 1 aromatic heterocycles. The van der Waals surface area contributed by atoms with Gasteiger partial charge in [-0.15, -0.1) is 0 Å². The predicted octanol–water partition coefficient (Wildman–Crippen LogP) is 4.36. The molecule has 1 aliphatic heterocycles. The van der Waals surface area contributed by atoms with E-state index in [-0.39, 0.29) is 11.6 Å². The van der Waals surface area contributed by atoms with E-state index in [4.69, 9.17) is 0 Å². The molecule has 2 aliphatic rings. The average Bonchev–Trinajstić information content (AvgIpc) is 2.95. The summed E-state index contributed by atoms with van der Waals surface area (Å²) in [5, 5.41) is 0. The fraction of sp³-hybridized carbons (Fsp3) is 0.600. The number of anilines is 1. The lowest BCUT2D eigenvalue weighted by molar-refractivity contribution is 0.454. The van der Waals surface area contributed by atoms with Crippen LogP contribution in [-0.4, -0.2) is 16.1 Å². The van der Waals surface area contributed by atoms with Gasteiger partial charge in [-0.25, -0.2) is 4.98 Å². The van der Waals surface area contributed by atoms with Crippen molar-refractivity contribution in [2.45, 2.75) is 66.3 Å². The summed E-state index contributed by atoms with van der Waals surface area (Å²) in [6.45, 7) is 11.6. The standard InChI is InChI=1S/C20H29N3O/c1-6-17(7-2)23-12-15(5)21-19(20(23)24)22-9-8-16-11-13(3)10-14(4)18(16)22/h11-12,14,17H,6-10H2,1-5H3. The van der Waals surface area contributed by atoms with Gasteiger partial charge in [-0.05, 0) is 45.1 Å². The van der Waals surface area contributed by atoms with Crippen molar-refractivity contribution >= 4 is 5.82 Å². The third-order valence-electron chi connectivity index (χ3n) is 5.37. The van der Waals surface area contributed by atoms with Gasteiger partial charge in [0.1, 0.15) is 0 Å². The molecule has 0 N–H and O–H groups in total. The van der Waals surface area contributed by atoms with Crippen LogP contribution < -0.4 is 10.5 Å². The van der Waals surface area contributed by atoms with Gasteiger partial charge in [0.15, 0.2) is 5.82 Å². The fourth-order valence-corrected chi connectivity index (χ4v) is 4.29. The molecule has 1 atom stereocenters. The molecule has 2 heterocycles. The number of allylic oxidation sites excluding steroid dienone is 3. The molecule has 1 aromatic rings. The van der Waals surface area contributed by atoms with Gasteiger partial charge in [0.25, 0.3) is 5.56 Å². The van der Waals surface area contributed by atoms with Crippen LogP contribution >= 0.6 is 0 Å². The zero-order chi connectivity index (χ0) is 17.4. The van der Waals surface area contributed by atoms with Crippen molar-refractivity contribution in [3.63, 3.8) is 0 Å². The Morgan fingerprint density at radius 3 is 2.67 bits per heavy atom. The van der Waals surface area contributed by atoms with E-state index in [1.54, 1.807) is 0 Å². The van der Waals surface area contributed by atoms with E-state index in [9.17, 15) is 4.79 Å². The van der Waals surface area contributed by atoms with Gasteiger partial charge in [-0.2, -0.15) is 0 Å². The maximum atomic E-state index is 13.1. The summed E-state index contributed by atoms with van der Waals surface area (Å²) in [6, 6.07) is 0.250. The first-order valence-corrected chi connectivity index (χ1v) is 9.23. The second-order valence-corrected chi connectivity index (χ2v) is 7.30. The zero-order valence-corrected chi connectivity index (χ0v) is 15.6. The molecule has 4 nitrogen and oxygen atoms in total. The quantitative estimate of drug-likeness (QED) is 0.824. The third kappa shape index (κ3) is 2.83. The Morgan fingerprint density at radius 1 is 1.29 bits per heavy atom. The van der Waals surface area contributed by atoms with E-state index < -0.39 is 0 Å². The van der Waals surface area contributed by atoms with E-state index in [1.165, 1.54) is 16.8 Å². The summed E-state index contributed by atoms with van der Waals surface area (Å²) in [4.78, 5) is 20.0. The maximum absolute atomic E-state index is 13.1. The number of rotatable bonds is 4. The molecule has 0 bridgehead atoms.